The first-order valence-corrected chi connectivity index (χ1v) is 10.0. The van der Waals surface area contributed by atoms with Crippen molar-refractivity contribution in [3.05, 3.63) is 47.2 Å². The van der Waals surface area contributed by atoms with Crippen LogP contribution in [0.5, 0.6) is 28.7 Å². The Morgan fingerprint density at radius 2 is 1.73 bits per heavy atom. The first kappa shape index (κ1) is 23.0. The molecule has 178 valence electrons. The van der Waals surface area contributed by atoms with Crippen LogP contribution in [0.4, 0.5) is 0 Å². The largest absolute Gasteiger partial charge is 0.508 e. The molecule has 1 saturated heterocycles. The third kappa shape index (κ3) is 4.24. The Balaban J connectivity index is 1.61. The van der Waals surface area contributed by atoms with Gasteiger partial charge in [0, 0.05) is 17.7 Å². The van der Waals surface area contributed by atoms with E-state index in [0.29, 0.717) is 5.56 Å². The molecule has 0 spiro atoms. The zero-order valence-electron chi connectivity index (χ0n) is 17.4. The van der Waals surface area contributed by atoms with Crippen molar-refractivity contribution in [1.82, 2.24) is 0 Å². The molecule has 0 aliphatic carbocycles. The fraction of sp³-hybridized carbons (Fsp3) is 0.364. The number of benzene rings is 2. The number of hydrogen-bond donors (Lipinski definition) is 7. The van der Waals surface area contributed by atoms with E-state index in [9.17, 15) is 35.7 Å². The number of rotatable bonds is 5. The number of fused-ring (bicyclic) bond motifs is 1. The number of methoxy groups -OCH3 is 1. The van der Waals surface area contributed by atoms with Gasteiger partial charge in [0.1, 0.15) is 41.3 Å². The van der Waals surface area contributed by atoms with Gasteiger partial charge in [0.15, 0.2) is 30.0 Å². The first-order chi connectivity index (χ1) is 15.7. The number of aliphatic hydroxyl groups is 5. The summed E-state index contributed by atoms with van der Waals surface area (Å²) in [4.78, 5) is 0. The van der Waals surface area contributed by atoms with Gasteiger partial charge in [-0.2, -0.15) is 0 Å². The number of aromatic hydroxyl groups is 2. The van der Waals surface area contributed by atoms with Crippen LogP contribution in [0.3, 0.4) is 0 Å². The zero-order chi connectivity index (χ0) is 23.9. The van der Waals surface area contributed by atoms with E-state index in [1.54, 1.807) is 0 Å². The third-order valence-electron chi connectivity index (χ3n) is 5.52. The summed E-state index contributed by atoms with van der Waals surface area (Å²) in [5, 5.41) is 70.3. The molecule has 0 saturated carbocycles. The molecule has 11 nitrogen and oxygen atoms in total. The summed E-state index contributed by atoms with van der Waals surface area (Å²) in [5.41, 5.74) is 0.628. The van der Waals surface area contributed by atoms with Crippen molar-refractivity contribution < 1.29 is 54.7 Å². The van der Waals surface area contributed by atoms with Crippen molar-refractivity contribution in [2.75, 3.05) is 13.7 Å². The second kappa shape index (κ2) is 8.96. The molecule has 2 heterocycles. The fourth-order valence-corrected chi connectivity index (χ4v) is 3.76. The van der Waals surface area contributed by atoms with Crippen LogP contribution in [0.1, 0.15) is 17.2 Å². The number of aliphatic hydroxyl groups excluding tert-OH is 5. The van der Waals surface area contributed by atoms with Crippen molar-refractivity contribution in [2.45, 2.75) is 36.8 Å². The Morgan fingerprint density at radius 3 is 2.42 bits per heavy atom. The van der Waals surface area contributed by atoms with Gasteiger partial charge in [0.05, 0.1) is 19.3 Å². The second-order valence-corrected chi connectivity index (χ2v) is 7.66. The smallest absolute Gasteiger partial charge is 0.195 e. The lowest BCUT2D eigenvalue weighted by atomic mass is 9.99. The van der Waals surface area contributed by atoms with E-state index in [1.807, 2.05) is 0 Å². The monoisotopic (exact) mass is 464 g/mol. The van der Waals surface area contributed by atoms with Crippen LogP contribution in [0.15, 0.2) is 36.1 Å². The minimum atomic E-state index is -1.67. The highest BCUT2D eigenvalue weighted by Crippen LogP contribution is 2.44. The zero-order valence-corrected chi connectivity index (χ0v) is 17.4. The number of hydrogen-bond acceptors (Lipinski definition) is 11. The Hall–Kier alpha value is -3.22. The number of phenols is 2. The first-order valence-electron chi connectivity index (χ1n) is 10.0. The highest BCUT2D eigenvalue weighted by atomic mass is 16.7. The van der Waals surface area contributed by atoms with Crippen molar-refractivity contribution in [3.63, 3.8) is 0 Å². The number of ether oxygens (including phenoxy) is 4. The molecule has 2 aliphatic heterocycles. The normalized spacial score (nSPS) is 28.9. The fourth-order valence-electron chi connectivity index (χ4n) is 3.76. The molecular formula is C22H24O11. The van der Waals surface area contributed by atoms with Gasteiger partial charge >= 0.3 is 0 Å². The Kier molecular flexibility index (Phi) is 6.23. The van der Waals surface area contributed by atoms with Crippen LogP contribution < -0.4 is 14.2 Å². The van der Waals surface area contributed by atoms with Gasteiger partial charge in [-0.3, -0.25) is 0 Å². The standard InChI is InChI=1S/C22H24O11/c1-30-16-4-9(2-3-12(16)24)20-14(26)7-11-13(25)5-10(6-15(11)32-20)31-21-19(28)18(27)17(8-23)33-22(21)29/h2-7,17-29H,8H2,1H3/t17-,18+,19+,20?,21-,22-/m1/s1. The van der Waals surface area contributed by atoms with Crippen molar-refractivity contribution in [3.8, 4) is 28.7 Å². The molecule has 11 heteroatoms. The molecule has 0 amide bonds. The van der Waals surface area contributed by atoms with Gasteiger partial charge in [0.2, 0.25) is 0 Å². The predicted molar refractivity (Wildman–Crippen MR) is 111 cm³/mol. The summed E-state index contributed by atoms with van der Waals surface area (Å²) < 4.78 is 21.6. The van der Waals surface area contributed by atoms with Crippen LogP contribution in [0.25, 0.3) is 6.08 Å². The quantitative estimate of drug-likeness (QED) is 0.324. The topological polar surface area (TPSA) is 179 Å². The minimum absolute atomic E-state index is 0.0237. The second-order valence-electron chi connectivity index (χ2n) is 7.66. The van der Waals surface area contributed by atoms with Crippen LogP contribution in [0.2, 0.25) is 0 Å². The molecule has 2 aliphatic rings. The average Bonchev–Trinajstić information content (AvgIpc) is 2.79. The maximum absolute atomic E-state index is 10.5. The van der Waals surface area contributed by atoms with E-state index in [-0.39, 0.29) is 40.1 Å². The van der Waals surface area contributed by atoms with Crippen molar-refractivity contribution in [1.29, 1.82) is 0 Å². The molecule has 7 N–H and O–H groups in total. The van der Waals surface area contributed by atoms with Gasteiger partial charge < -0.3 is 54.7 Å². The summed E-state index contributed by atoms with van der Waals surface area (Å²) in [6.45, 7) is -0.616. The van der Waals surface area contributed by atoms with E-state index < -0.39 is 43.4 Å². The van der Waals surface area contributed by atoms with Crippen molar-refractivity contribution in [2.24, 2.45) is 0 Å². The lowest BCUT2D eigenvalue weighted by Gasteiger charge is -2.39. The summed E-state index contributed by atoms with van der Waals surface area (Å²) in [5.74, 6) is -0.339. The highest BCUT2D eigenvalue weighted by molar-refractivity contribution is 5.69. The molecule has 2 aromatic carbocycles. The Morgan fingerprint density at radius 1 is 0.970 bits per heavy atom. The highest BCUT2D eigenvalue weighted by Gasteiger charge is 2.45. The molecule has 6 atom stereocenters. The van der Waals surface area contributed by atoms with E-state index >= 15 is 0 Å². The summed E-state index contributed by atoms with van der Waals surface area (Å²) in [6.07, 6.45) is -7.06. The SMILES string of the molecule is COc1cc(C2Oc3cc(O[C@@H]4[C@@H](O)[C@@H](O)[C@@H](CO)O[C@H]4O)cc(O)c3C=C2O)ccc1O. The molecule has 0 radical (unpaired) electrons. The lowest BCUT2D eigenvalue weighted by molar-refractivity contribution is -0.280. The van der Waals surface area contributed by atoms with Gasteiger partial charge in [-0.05, 0) is 18.2 Å². The molecule has 0 bridgehead atoms. The van der Waals surface area contributed by atoms with E-state index in [1.165, 1.54) is 43.5 Å². The Labute approximate surface area is 187 Å². The van der Waals surface area contributed by atoms with Gasteiger partial charge in [0.25, 0.3) is 0 Å². The summed E-state index contributed by atoms with van der Waals surface area (Å²) in [7, 11) is 1.38. The summed E-state index contributed by atoms with van der Waals surface area (Å²) in [6, 6.07) is 6.95. The maximum atomic E-state index is 10.5. The maximum Gasteiger partial charge on any atom is 0.195 e. The molecular weight excluding hydrogens is 440 g/mol. The molecule has 33 heavy (non-hydrogen) atoms. The van der Waals surface area contributed by atoms with Gasteiger partial charge in [-0.25, -0.2) is 0 Å². The van der Waals surface area contributed by atoms with Crippen LogP contribution in [0, 0.1) is 0 Å². The molecule has 4 rings (SSSR count). The predicted octanol–water partition coefficient (Wildman–Crippen LogP) is 0.318. The molecule has 0 aromatic heterocycles. The van der Waals surface area contributed by atoms with Crippen LogP contribution in [-0.4, -0.2) is 80.2 Å². The lowest BCUT2D eigenvalue weighted by Crippen LogP contribution is -2.60. The van der Waals surface area contributed by atoms with Gasteiger partial charge in [-0.15, -0.1) is 0 Å². The summed E-state index contributed by atoms with van der Waals surface area (Å²) >= 11 is 0. The Bertz CT molecular complexity index is 1050. The molecule has 2 aromatic rings. The van der Waals surface area contributed by atoms with Gasteiger partial charge in [-0.1, -0.05) is 6.07 Å². The van der Waals surface area contributed by atoms with E-state index in [0.717, 1.165) is 0 Å². The van der Waals surface area contributed by atoms with Crippen LogP contribution >= 0.6 is 0 Å². The van der Waals surface area contributed by atoms with E-state index in [2.05, 4.69) is 0 Å². The van der Waals surface area contributed by atoms with Crippen LogP contribution in [-0.2, 0) is 4.74 Å². The minimum Gasteiger partial charge on any atom is -0.508 e. The van der Waals surface area contributed by atoms with Crippen molar-refractivity contribution >= 4 is 6.08 Å². The average molecular weight is 464 g/mol. The molecule has 1 fully saturated rings. The number of phenolic OH excluding ortho intramolecular Hbond substituents is 2. The third-order valence-corrected chi connectivity index (χ3v) is 5.52. The molecule has 1 unspecified atom stereocenters. The van der Waals surface area contributed by atoms with E-state index in [4.69, 9.17) is 18.9 Å².